The predicted molar refractivity (Wildman–Crippen MR) is 108 cm³/mol. The van der Waals surface area contributed by atoms with E-state index >= 15 is 0 Å². The summed E-state index contributed by atoms with van der Waals surface area (Å²) in [6.45, 7) is 3.87. The number of nitrogens with one attached hydrogen (secondary N) is 2. The van der Waals surface area contributed by atoms with E-state index in [0.717, 1.165) is 11.1 Å². The van der Waals surface area contributed by atoms with Crippen LogP contribution in [0.15, 0.2) is 78.9 Å². The van der Waals surface area contributed by atoms with Gasteiger partial charge in [0.2, 0.25) is 0 Å². The lowest BCUT2D eigenvalue weighted by atomic mass is 10.1. The van der Waals surface area contributed by atoms with E-state index in [0.29, 0.717) is 16.8 Å². The van der Waals surface area contributed by atoms with Crippen LogP contribution < -0.4 is 10.6 Å². The molecule has 136 valence electrons. The molecule has 0 saturated heterocycles. The van der Waals surface area contributed by atoms with E-state index in [1.165, 1.54) is 0 Å². The van der Waals surface area contributed by atoms with Gasteiger partial charge in [0.05, 0.1) is 17.3 Å². The van der Waals surface area contributed by atoms with Crippen molar-refractivity contribution in [3.05, 3.63) is 101 Å². The SMILES string of the molecule is Cc1cccc(C(=O)Nc2ccccc2C(=O)N[C@H](C)c2ccccc2)c1. The smallest absolute Gasteiger partial charge is 0.255 e. The fourth-order valence-electron chi connectivity index (χ4n) is 2.87. The van der Waals surface area contributed by atoms with Gasteiger partial charge in [0, 0.05) is 5.56 Å². The molecule has 2 N–H and O–H groups in total. The van der Waals surface area contributed by atoms with Crippen LogP contribution >= 0.6 is 0 Å². The Bertz CT molecular complexity index is 951. The average Bonchev–Trinajstić information content (AvgIpc) is 2.69. The number of hydrogen-bond acceptors (Lipinski definition) is 2. The van der Waals surface area contributed by atoms with Crippen LogP contribution in [-0.4, -0.2) is 11.8 Å². The van der Waals surface area contributed by atoms with E-state index in [4.69, 9.17) is 0 Å². The second kappa shape index (κ2) is 8.32. The van der Waals surface area contributed by atoms with Crippen LogP contribution in [-0.2, 0) is 0 Å². The summed E-state index contributed by atoms with van der Waals surface area (Å²) in [6.07, 6.45) is 0. The summed E-state index contributed by atoms with van der Waals surface area (Å²) in [4.78, 5) is 25.3. The first-order valence-corrected chi connectivity index (χ1v) is 8.87. The Hall–Kier alpha value is -3.40. The summed E-state index contributed by atoms with van der Waals surface area (Å²) < 4.78 is 0. The largest absolute Gasteiger partial charge is 0.345 e. The Morgan fingerprint density at radius 2 is 1.52 bits per heavy atom. The summed E-state index contributed by atoms with van der Waals surface area (Å²) in [6, 6.07) is 24.0. The summed E-state index contributed by atoms with van der Waals surface area (Å²) >= 11 is 0. The highest BCUT2D eigenvalue weighted by Gasteiger charge is 2.16. The van der Waals surface area contributed by atoms with Gasteiger partial charge in [0.15, 0.2) is 0 Å². The first-order valence-electron chi connectivity index (χ1n) is 8.87. The number of aryl methyl sites for hydroxylation is 1. The van der Waals surface area contributed by atoms with Crippen molar-refractivity contribution < 1.29 is 9.59 Å². The number of carbonyl (C=O) groups excluding carboxylic acids is 2. The molecular weight excluding hydrogens is 336 g/mol. The quantitative estimate of drug-likeness (QED) is 0.692. The molecule has 0 saturated carbocycles. The molecule has 4 heteroatoms. The minimum atomic E-state index is -0.241. The van der Waals surface area contributed by atoms with Gasteiger partial charge in [-0.05, 0) is 43.7 Å². The molecule has 0 unspecified atom stereocenters. The van der Waals surface area contributed by atoms with Crippen molar-refractivity contribution in [2.24, 2.45) is 0 Å². The molecule has 27 heavy (non-hydrogen) atoms. The van der Waals surface area contributed by atoms with Gasteiger partial charge in [-0.2, -0.15) is 0 Å². The molecule has 3 rings (SSSR count). The van der Waals surface area contributed by atoms with Crippen LogP contribution in [0.25, 0.3) is 0 Å². The molecule has 0 radical (unpaired) electrons. The van der Waals surface area contributed by atoms with E-state index in [-0.39, 0.29) is 17.9 Å². The minimum Gasteiger partial charge on any atom is -0.345 e. The van der Waals surface area contributed by atoms with E-state index in [1.54, 1.807) is 30.3 Å². The monoisotopic (exact) mass is 358 g/mol. The fraction of sp³-hybridized carbons (Fsp3) is 0.130. The first-order chi connectivity index (χ1) is 13.0. The van der Waals surface area contributed by atoms with Gasteiger partial charge in [0.1, 0.15) is 0 Å². The number of hydrogen-bond donors (Lipinski definition) is 2. The lowest BCUT2D eigenvalue weighted by Crippen LogP contribution is -2.28. The fourth-order valence-corrected chi connectivity index (χ4v) is 2.87. The normalized spacial score (nSPS) is 11.5. The third kappa shape index (κ3) is 4.61. The maximum Gasteiger partial charge on any atom is 0.255 e. The number of para-hydroxylation sites is 1. The predicted octanol–water partition coefficient (Wildman–Crippen LogP) is 4.74. The molecule has 0 spiro atoms. The van der Waals surface area contributed by atoms with Crippen molar-refractivity contribution >= 4 is 17.5 Å². The molecule has 0 heterocycles. The van der Waals surface area contributed by atoms with Crippen molar-refractivity contribution in [1.82, 2.24) is 5.32 Å². The lowest BCUT2D eigenvalue weighted by Gasteiger charge is -2.16. The van der Waals surface area contributed by atoms with Crippen LogP contribution in [0.1, 0.15) is 44.8 Å². The van der Waals surface area contributed by atoms with E-state index in [9.17, 15) is 9.59 Å². The standard InChI is InChI=1S/C23H22N2O2/c1-16-9-8-12-19(15-16)22(26)25-21-14-7-6-13-20(21)23(27)24-17(2)18-10-4-3-5-11-18/h3-15,17H,1-2H3,(H,24,27)(H,25,26)/t17-/m1/s1. The van der Waals surface area contributed by atoms with Crippen LogP contribution in [0.5, 0.6) is 0 Å². The van der Waals surface area contributed by atoms with E-state index in [1.807, 2.05) is 62.4 Å². The van der Waals surface area contributed by atoms with Crippen molar-refractivity contribution in [1.29, 1.82) is 0 Å². The molecule has 0 aliphatic carbocycles. The Morgan fingerprint density at radius 3 is 2.26 bits per heavy atom. The molecule has 4 nitrogen and oxygen atoms in total. The van der Waals surface area contributed by atoms with Gasteiger partial charge in [-0.15, -0.1) is 0 Å². The zero-order valence-corrected chi connectivity index (χ0v) is 15.4. The van der Waals surface area contributed by atoms with Crippen LogP contribution in [0.2, 0.25) is 0 Å². The van der Waals surface area contributed by atoms with Crippen LogP contribution in [0, 0.1) is 6.92 Å². The molecule has 0 aliphatic heterocycles. The average molecular weight is 358 g/mol. The van der Waals surface area contributed by atoms with Crippen LogP contribution in [0.4, 0.5) is 5.69 Å². The zero-order chi connectivity index (χ0) is 19.2. The third-order valence-corrected chi connectivity index (χ3v) is 4.35. The molecule has 0 fully saturated rings. The molecule has 0 aromatic heterocycles. The van der Waals surface area contributed by atoms with Gasteiger partial charge < -0.3 is 10.6 Å². The molecule has 3 aromatic carbocycles. The van der Waals surface area contributed by atoms with Crippen molar-refractivity contribution in [3.8, 4) is 0 Å². The topological polar surface area (TPSA) is 58.2 Å². The van der Waals surface area contributed by atoms with Crippen molar-refractivity contribution in [2.75, 3.05) is 5.32 Å². The Morgan fingerprint density at radius 1 is 0.815 bits per heavy atom. The van der Waals surface area contributed by atoms with Gasteiger partial charge in [-0.1, -0.05) is 60.2 Å². The molecule has 1 atom stereocenters. The molecular formula is C23H22N2O2. The summed E-state index contributed by atoms with van der Waals surface area (Å²) in [5, 5.41) is 5.83. The third-order valence-electron chi connectivity index (χ3n) is 4.35. The second-order valence-electron chi connectivity index (χ2n) is 6.48. The number of rotatable bonds is 5. The summed E-state index contributed by atoms with van der Waals surface area (Å²) in [7, 11) is 0. The molecule has 0 aliphatic rings. The highest BCUT2D eigenvalue weighted by atomic mass is 16.2. The minimum absolute atomic E-state index is 0.140. The lowest BCUT2D eigenvalue weighted by molar-refractivity contribution is 0.0941. The molecule has 2 amide bonds. The number of carbonyl (C=O) groups is 2. The summed E-state index contributed by atoms with van der Waals surface area (Å²) in [5.74, 6) is -0.471. The maximum absolute atomic E-state index is 12.8. The zero-order valence-electron chi connectivity index (χ0n) is 15.4. The molecule has 3 aromatic rings. The first kappa shape index (κ1) is 18.4. The van der Waals surface area contributed by atoms with Gasteiger partial charge >= 0.3 is 0 Å². The Kier molecular flexibility index (Phi) is 5.67. The molecule has 0 bridgehead atoms. The number of amides is 2. The van der Waals surface area contributed by atoms with Gasteiger partial charge in [-0.25, -0.2) is 0 Å². The van der Waals surface area contributed by atoms with Crippen molar-refractivity contribution in [2.45, 2.75) is 19.9 Å². The maximum atomic E-state index is 12.8. The van der Waals surface area contributed by atoms with Gasteiger partial charge in [0.25, 0.3) is 11.8 Å². The second-order valence-corrected chi connectivity index (χ2v) is 6.48. The van der Waals surface area contributed by atoms with Crippen LogP contribution in [0.3, 0.4) is 0 Å². The Balaban J connectivity index is 1.77. The number of anilines is 1. The highest BCUT2D eigenvalue weighted by Crippen LogP contribution is 2.19. The number of benzene rings is 3. The van der Waals surface area contributed by atoms with Crippen molar-refractivity contribution in [3.63, 3.8) is 0 Å². The van der Waals surface area contributed by atoms with E-state index < -0.39 is 0 Å². The van der Waals surface area contributed by atoms with E-state index in [2.05, 4.69) is 10.6 Å². The Labute approximate surface area is 159 Å². The summed E-state index contributed by atoms with van der Waals surface area (Å²) in [5.41, 5.74) is 3.50. The highest BCUT2D eigenvalue weighted by molar-refractivity contribution is 6.09. The van der Waals surface area contributed by atoms with Gasteiger partial charge in [-0.3, -0.25) is 9.59 Å².